The average Bonchev–Trinajstić information content (AvgIpc) is 2.67. The molecule has 2 rings (SSSR count). The first-order valence-electron chi connectivity index (χ1n) is 7.03. The molecule has 0 radical (unpaired) electrons. The average molecular weight is 285 g/mol. The molecule has 108 valence electrons. The Balaban J connectivity index is 2.23. The van der Waals surface area contributed by atoms with Gasteiger partial charge in [-0.3, -0.25) is 4.79 Å². The molecule has 1 aromatic rings. The molecule has 1 heterocycles. The summed E-state index contributed by atoms with van der Waals surface area (Å²) in [5.74, 6) is -0.840. The molecule has 9 heteroatoms. The van der Waals surface area contributed by atoms with Gasteiger partial charge in [0.2, 0.25) is 0 Å². The van der Waals surface area contributed by atoms with E-state index in [9.17, 15) is 9.90 Å². The van der Waals surface area contributed by atoms with Gasteiger partial charge in [-0.25, -0.2) is 0 Å². The topological polar surface area (TPSA) is 59.0 Å². The standard InChI is InChI=1S/C12H19B4NO4/c1-6(17(2)11(13,14)15)10(18)7-3-4-8-9(5-7)21-12(16,19)20-8/h3-6,19H,13-16H2,1-2H3. The Kier molecular flexibility index (Phi) is 3.93. The van der Waals surface area contributed by atoms with E-state index in [2.05, 4.69) is 23.5 Å². The quantitative estimate of drug-likeness (QED) is 0.464. The summed E-state index contributed by atoms with van der Waals surface area (Å²) in [5, 5.41) is 9.61. The van der Waals surface area contributed by atoms with Crippen LogP contribution < -0.4 is 9.47 Å². The lowest BCUT2D eigenvalue weighted by atomic mass is 9.48. The molecule has 0 aliphatic carbocycles. The van der Waals surface area contributed by atoms with Crippen LogP contribution in [0.5, 0.6) is 11.5 Å². The first kappa shape index (κ1) is 16.0. The molecule has 0 aromatic heterocycles. The molecule has 1 aromatic carbocycles. The fourth-order valence-electron chi connectivity index (χ4n) is 2.25. The predicted molar refractivity (Wildman–Crippen MR) is 91.1 cm³/mol. The summed E-state index contributed by atoms with van der Waals surface area (Å²) in [6.07, 6.45) is 0. The van der Waals surface area contributed by atoms with Gasteiger partial charge in [0, 0.05) is 5.56 Å². The van der Waals surface area contributed by atoms with Gasteiger partial charge in [-0.2, -0.15) is 0 Å². The second kappa shape index (κ2) is 5.14. The number of carbonyl (C=O) groups is 1. The molecule has 0 amide bonds. The van der Waals surface area contributed by atoms with Crippen LogP contribution in [0, 0.1) is 0 Å². The summed E-state index contributed by atoms with van der Waals surface area (Å²) < 4.78 is 10.5. The highest BCUT2D eigenvalue weighted by Gasteiger charge is 2.35. The van der Waals surface area contributed by atoms with E-state index in [-0.39, 0.29) is 17.1 Å². The Labute approximate surface area is 128 Å². The minimum atomic E-state index is -1.67. The zero-order valence-electron chi connectivity index (χ0n) is 13.4. The zero-order valence-corrected chi connectivity index (χ0v) is 13.4. The van der Waals surface area contributed by atoms with Gasteiger partial charge in [-0.15, -0.1) is 0 Å². The number of rotatable bonds is 4. The lowest BCUT2D eigenvalue weighted by Crippen LogP contribution is -2.54. The number of fused-ring (bicyclic) bond motifs is 1. The van der Waals surface area contributed by atoms with Crippen molar-refractivity contribution >= 4 is 37.2 Å². The number of Topliss-reactive ketones (excluding diaryl/α,β-unsaturated/α-hetero) is 1. The Hall–Kier alpha value is -1.33. The zero-order chi connectivity index (χ0) is 16.0. The first-order valence-corrected chi connectivity index (χ1v) is 7.03. The third-order valence-corrected chi connectivity index (χ3v) is 3.85. The summed E-state index contributed by atoms with van der Waals surface area (Å²) in [7, 11) is 9.53. The van der Waals surface area contributed by atoms with Crippen molar-refractivity contribution in [3.8, 4) is 11.5 Å². The van der Waals surface area contributed by atoms with Gasteiger partial charge in [0.1, 0.15) is 23.5 Å². The highest BCUT2D eigenvalue weighted by atomic mass is 16.8. The number of aliphatic hydroxyl groups is 1. The van der Waals surface area contributed by atoms with Gasteiger partial charge in [0.05, 0.1) is 6.04 Å². The number of likely N-dealkylation sites (N-methyl/N-ethyl adjacent to an activating group) is 1. The van der Waals surface area contributed by atoms with Crippen LogP contribution in [0.3, 0.4) is 0 Å². The molecule has 0 spiro atoms. The largest absolute Gasteiger partial charge is 0.435 e. The third kappa shape index (κ3) is 3.30. The van der Waals surface area contributed by atoms with Gasteiger partial charge in [0.25, 0.3) is 7.85 Å². The molecular formula is C12H19B4NO4. The van der Waals surface area contributed by atoms with E-state index < -0.39 is 5.87 Å². The number of carbonyl (C=O) groups excluding carboxylic acids is 1. The van der Waals surface area contributed by atoms with Crippen molar-refractivity contribution in [1.82, 2.24) is 4.90 Å². The van der Waals surface area contributed by atoms with Gasteiger partial charge in [0.15, 0.2) is 17.3 Å². The second-order valence-corrected chi connectivity index (χ2v) is 6.59. The van der Waals surface area contributed by atoms with Gasteiger partial charge in [-0.05, 0) is 32.2 Å². The maximum absolute atomic E-state index is 12.6. The van der Waals surface area contributed by atoms with Crippen molar-refractivity contribution in [3.63, 3.8) is 0 Å². The van der Waals surface area contributed by atoms with Crippen LogP contribution in [-0.2, 0) is 0 Å². The van der Waals surface area contributed by atoms with Crippen molar-refractivity contribution in [3.05, 3.63) is 23.8 Å². The fraction of sp³-hybridized carbons (Fsp3) is 0.417. The highest BCUT2D eigenvalue weighted by molar-refractivity contribution is 6.59. The van der Waals surface area contributed by atoms with Crippen molar-refractivity contribution in [1.29, 1.82) is 0 Å². The molecule has 1 aliphatic heterocycles. The van der Waals surface area contributed by atoms with Crippen LogP contribution in [0.25, 0.3) is 0 Å². The predicted octanol–water partition coefficient (Wildman–Crippen LogP) is -3.29. The summed E-state index contributed by atoms with van der Waals surface area (Å²) >= 11 is 0. The minimum Gasteiger partial charge on any atom is -0.435 e. The van der Waals surface area contributed by atoms with E-state index >= 15 is 0 Å². The lowest BCUT2D eigenvalue weighted by Gasteiger charge is -2.36. The van der Waals surface area contributed by atoms with Crippen LogP contribution in [0.2, 0.25) is 0 Å². The van der Waals surface area contributed by atoms with Crippen molar-refractivity contribution in [2.75, 3.05) is 7.05 Å². The molecule has 0 saturated heterocycles. The molecule has 1 N–H and O–H groups in total. The minimum absolute atomic E-state index is 0.00497. The second-order valence-electron chi connectivity index (χ2n) is 6.59. The molecule has 0 saturated carbocycles. The highest BCUT2D eigenvalue weighted by Crippen LogP contribution is 2.38. The van der Waals surface area contributed by atoms with E-state index in [0.29, 0.717) is 17.1 Å². The third-order valence-electron chi connectivity index (χ3n) is 3.85. The van der Waals surface area contributed by atoms with Gasteiger partial charge in [-0.1, -0.05) is 5.24 Å². The van der Waals surface area contributed by atoms with Crippen molar-refractivity contribution < 1.29 is 19.4 Å². The Morgan fingerprint density at radius 3 is 2.48 bits per heavy atom. The van der Waals surface area contributed by atoms with Crippen LogP contribution in [0.4, 0.5) is 0 Å². The van der Waals surface area contributed by atoms with E-state index in [4.69, 9.17) is 9.47 Å². The van der Waals surface area contributed by atoms with Crippen molar-refractivity contribution in [2.24, 2.45) is 0 Å². The lowest BCUT2D eigenvalue weighted by molar-refractivity contribution is -0.178. The van der Waals surface area contributed by atoms with Crippen molar-refractivity contribution in [2.45, 2.75) is 24.1 Å². The maximum Gasteiger partial charge on any atom is 0.310 e. The number of hydrogen-bond acceptors (Lipinski definition) is 5. The van der Waals surface area contributed by atoms with Crippen LogP contribution in [0.1, 0.15) is 17.3 Å². The van der Waals surface area contributed by atoms with E-state index in [1.165, 1.54) is 7.85 Å². The molecule has 0 bridgehead atoms. The van der Waals surface area contributed by atoms with Crippen LogP contribution in [0.15, 0.2) is 18.2 Å². The first-order chi connectivity index (χ1) is 9.51. The van der Waals surface area contributed by atoms with Crippen LogP contribution in [-0.4, -0.2) is 71.4 Å². The molecule has 21 heavy (non-hydrogen) atoms. The monoisotopic (exact) mass is 285 g/mol. The SMILES string of the molecule is BC1(O)Oc2ccc(C(=O)C(C)N(C)C(B)(B)B)cc2O1. The Bertz CT molecular complexity index is 573. The van der Waals surface area contributed by atoms with E-state index in [0.717, 1.165) is 0 Å². The fourth-order valence-corrected chi connectivity index (χ4v) is 2.25. The summed E-state index contributed by atoms with van der Waals surface area (Å²) in [6, 6.07) is 4.70. The molecule has 5 nitrogen and oxygen atoms in total. The molecule has 1 aliphatic rings. The normalized spacial score (nSPS) is 22.3. The maximum atomic E-state index is 12.6. The molecule has 2 atom stereocenters. The number of hydrogen-bond donors (Lipinski definition) is 1. The summed E-state index contributed by atoms with van der Waals surface area (Å²) in [6.45, 7) is 1.88. The number of nitrogens with zero attached hydrogens (tertiary/aromatic N) is 1. The van der Waals surface area contributed by atoms with Gasteiger partial charge < -0.3 is 19.5 Å². The summed E-state index contributed by atoms with van der Waals surface area (Å²) in [5.41, 5.74) is 0.540. The van der Waals surface area contributed by atoms with Crippen LogP contribution >= 0.6 is 0 Å². The van der Waals surface area contributed by atoms with E-state index in [1.807, 2.05) is 18.9 Å². The number of ketones is 1. The number of benzene rings is 1. The molecule has 0 fully saturated rings. The van der Waals surface area contributed by atoms with Gasteiger partial charge >= 0.3 is 5.87 Å². The Morgan fingerprint density at radius 2 is 1.90 bits per heavy atom. The summed E-state index contributed by atoms with van der Waals surface area (Å²) in [4.78, 5) is 14.6. The Morgan fingerprint density at radius 1 is 1.33 bits per heavy atom. The van der Waals surface area contributed by atoms with E-state index in [1.54, 1.807) is 18.2 Å². The number of ether oxygens (including phenoxy) is 2. The molecule has 2 unspecified atom stereocenters. The smallest absolute Gasteiger partial charge is 0.310 e. The molecular weight excluding hydrogens is 265 g/mol.